The van der Waals surface area contributed by atoms with E-state index in [1.807, 2.05) is 0 Å². The van der Waals surface area contributed by atoms with Gasteiger partial charge in [0.05, 0.1) is 11.9 Å². The van der Waals surface area contributed by atoms with Gasteiger partial charge in [-0.3, -0.25) is 0 Å². The lowest BCUT2D eigenvalue weighted by Gasteiger charge is -2.43. The van der Waals surface area contributed by atoms with Gasteiger partial charge in [-0.2, -0.15) is 0 Å². The molecule has 0 N–H and O–H groups in total. The minimum atomic E-state index is -1.84. The van der Waals surface area contributed by atoms with Gasteiger partial charge in [-0.1, -0.05) is 68.4 Å². The number of hydrogen-bond donors (Lipinski definition) is 0. The van der Waals surface area contributed by atoms with Crippen LogP contribution in [0.15, 0.2) is 12.3 Å². The molecule has 4 heteroatoms. The van der Waals surface area contributed by atoms with Crippen LogP contribution >= 0.6 is 0 Å². The highest BCUT2D eigenvalue weighted by Crippen LogP contribution is 2.41. The van der Waals surface area contributed by atoms with E-state index in [-0.39, 0.29) is 22.1 Å². The summed E-state index contributed by atoms with van der Waals surface area (Å²) in [4.78, 5) is 0. The zero-order valence-corrected chi connectivity index (χ0v) is 20.6. The average molecular weight is 373 g/mol. The van der Waals surface area contributed by atoms with Gasteiger partial charge >= 0.3 is 0 Å². The van der Waals surface area contributed by atoms with Crippen molar-refractivity contribution in [2.24, 2.45) is 5.92 Å². The topological polar surface area (TPSA) is 18.5 Å². The molecule has 2 atom stereocenters. The molecule has 0 aliphatic rings. The van der Waals surface area contributed by atoms with E-state index in [1.54, 1.807) is 0 Å². The Kier molecular flexibility index (Phi) is 8.07. The first-order valence-electron chi connectivity index (χ1n) is 9.52. The third kappa shape index (κ3) is 6.34. The van der Waals surface area contributed by atoms with Crippen molar-refractivity contribution in [3.63, 3.8) is 0 Å². The van der Waals surface area contributed by atoms with Gasteiger partial charge in [0.1, 0.15) is 0 Å². The zero-order valence-electron chi connectivity index (χ0n) is 18.6. The maximum Gasteiger partial charge on any atom is 0.250 e. The molecule has 2 nitrogen and oxygen atoms in total. The standard InChI is InChI=1S/C20H44O2Si2/c1-14-15-18(22-24(12,13)20(7,8)9)16(2)17(3)21-23(10,11)19(4,5)6/h16,18H,3,14-15H2,1-2,4-13H3/t16-,18-/m0/s1. The maximum atomic E-state index is 6.74. The second-order valence-corrected chi connectivity index (χ2v) is 19.8. The molecule has 0 aromatic heterocycles. The lowest BCUT2D eigenvalue weighted by atomic mass is 9.99. The molecular formula is C20H44O2Si2. The summed E-state index contributed by atoms with van der Waals surface area (Å²) in [6, 6.07) is 0. The van der Waals surface area contributed by atoms with Gasteiger partial charge in [-0.05, 0) is 42.7 Å². The number of rotatable bonds is 8. The monoisotopic (exact) mass is 372 g/mol. The van der Waals surface area contributed by atoms with E-state index < -0.39 is 16.6 Å². The Morgan fingerprint density at radius 1 is 0.917 bits per heavy atom. The minimum absolute atomic E-state index is 0.191. The Bertz CT molecular complexity index is 414. The van der Waals surface area contributed by atoms with Gasteiger partial charge in [-0.15, -0.1) is 0 Å². The Morgan fingerprint density at radius 2 is 1.33 bits per heavy atom. The molecule has 0 aromatic rings. The van der Waals surface area contributed by atoms with Crippen LogP contribution in [0, 0.1) is 5.92 Å². The van der Waals surface area contributed by atoms with E-state index in [0.717, 1.165) is 18.6 Å². The summed E-state index contributed by atoms with van der Waals surface area (Å²) in [6.45, 7) is 31.7. The predicted octanol–water partition coefficient (Wildman–Crippen LogP) is 7.35. The third-order valence-corrected chi connectivity index (χ3v) is 15.0. The smallest absolute Gasteiger partial charge is 0.250 e. The molecule has 0 radical (unpaired) electrons. The molecule has 24 heavy (non-hydrogen) atoms. The van der Waals surface area contributed by atoms with Crippen LogP contribution in [0.25, 0.3) is 0 Å². The minimum Gasteiger partial charge on any atom is -0.547 e. The van der Waals surface area contributed by atoms with Crippen LogP contribution in [-0.4, -0.2) is 22.7 Å². The quantitative estimate of drug-likeness (QED) is 0.327. The zero-order chi connectivity index (χ0) is 19.6. The number of hydrogen-bond acceptors (Lipinski definition) is 2. The Hall–Kier alpha value is -0.0662. The van der Waals surface area contributed by atoms with E-state index in [9.17, 15) is 0 Å². The fraction of sp³-hybridized carbons (Fsp3) is 0.900. The summed E-state index contributed by atoms with van der Waals surface area (Å²) in [7, 11) is -3.63. The normalized spacial score (nSPS) is 16.7. The summed E-state index contributed by atoms with van der Waals surface area (Å²) >= 11 is 0. The molecule has 0 amide bonds. The molecule has 0 saturated carbocycles. The fourth-order valence-corrected chi connectivity index (χ4v) is 4.61. The highest BCUT2D eigenvalue weighted by molar-refractivity contribution is 6.74. The van der Waals surface area contributed by atoms with E-state index in [0.29, 0.717) is 0 Å². The van der Waals surface area contributed by atoms with E-state index in [2.05, 4.69) is 88.2 Å². The van der Waals surface area contributed by atoms with Crippen molar-refractivity contribution in [2.45, 2.75) is 111 Å². The highest BCUT2D eigenvalue weighted by Gasteiger charge is 2.42. The summed E-state index contributed by atoms with van der Waals surface area (Å²) in [5.74, 6) is 1.15. The summed E-state index contributed by atoms with van der Waals surface area (Å²) in [6.07, 6.45) is 2.39. The molecule has 0 saturated heterocycles. The van der Waals surface area contributed by atoms with Gasteiger partial charge in [-0.25, -0.2) is 0 Å². The molecule has 0 heterocycles. The van der Waals surface area contributed by atoms with Crippen LogP contribution in [-0.2, 0) is 8.85 Å². The molecule has 0 aromatic carbocycles. The SMILES string of the molecule is C=C(O[Si](C)(C)C(C)(C)C)[C@H](C)[C@H](CCC)O[Si](C)(C)C(C)(C)C. The molecule has 0 fully saturated rings. The molecule has 0 rings (SSSR count). The molecule has 0 unspecified atom stereocenters. The Labute approximate surface area is 154 Å². The van der Waals surface area contributed by atoms with Crippen molar-refractivity contribution in [1.82, 2.24) is 0 Å². The third-order valence-electron chi connectivity index (χ3n) is 6.08. The van der Waals surface area contributed by atoms with E-state index >= 15 is 0 Å². The molecule has 0 aliphatic carbocycles. The van der Waals surface area contributed by atoms with Crippen LogP contribution < -0.4 is 0 Å². The lowest BCUT2D eigenvalue weighted by Crippen LogP contribution is -2.47. The largest absolute Gasteiger partial charge is 0.547 e. The lowest BCUT2D eigenvalue weighted by molar-refractivity contribution is 0.111. The van der Waals surface area contributed by atoms with Gasteiger partial charge in [0.2, 0.25) is 8.32 Å². The first kappa shape index (κ1) is 23.9. The molecular weight excluding hydrogens is 328 g/mol. The van der Waals surface area contributed by atoms with Crippen molar-refractivity contribution in [1.29, 1.82) is 0 Å². The van der Waals surface area contributed by atoms with Crippen molar-refractivity contribution in [2.75, 3.05) is 0 Å². The maximum absolute atomic E-state index is 6.74. The van der Waals surface area contributed by atoms with Crippen LogP contribution in [0.2, 0.25) is 36.3 Å². The van der Waals surface area contributed by atoms with E-state index in [1.165, 1.54) is 0 Å². The fourth-order valence-electron chi connectivity index (χ4n) is 2.03. The second kappa shape index (κ2) is 8.09. The predicted molar refractivity (Wildman–Crippen MR) is 114 cm³/mol. The van der Waals surface area contributed by atoms with Gasteiger partial charge in [0, 0.05) is 5.92 Å². The van der Waals surface area contributed by atoms with Gasteiger partial charge in [0.25, 0.3) is 0 Å². The van der Waals surface area contributed by atoms with Crippen LogP contribution in [0.5, 0.6) is 0 Å². The Morgan fingerprint density at radius 3 is 1.67 bits per heavy atom. The second-order valence-electron chi connectivity index (χ2n) is 10.3. The van der Waals surface area contributed by atoms with Crippen molar-refractivity contribution in [3.05, 3.63) is 12.3 Å². The molecule has 0 spiro atoms. The van der Waals surface area contributed by atoms with Crippen LogP contribution in [0.3, 0.4) is 0 Å². The Balaban J connectivity index is 5.24. The molecule has 144 valence electrons. The average Bonchev–Trinajstić information content (AvgIpc) is 2.33. The summed E-state index contributed by atoms with van der Waals surface area (Å²) in [5.41, 5.74) is 0. The van der Waals surface area contributed by atoms with Crippen LogP contribution in [0.4, 0.5) is 0 Å². The van der Waals surface area contributed by atoms with Crippen molar-refractivity contribution >= 4 is 16.6 Å². The van der Waals surface area contributed by atoms with Gasteiger partial charge < -0.3 is 8.85 Å². The first-order valence-corrected chi connectivity index (χ1v) is 15.3. The molecule has 0 aliphatic heterocycles. The van der Waals surface area contributed by atoms with Crippen LogP contribution in [0.1, 0.15) is 68.2 Å². The highest BCUT2D eigenvalue weighted by atomic mass is 28.4. The van der Waals surface area contributed by atoms with Crippen molar-refractivity contribution < 1.29 is 8.85 Å². The van der Waals surface area contributed by atoms with E-state index in [4.69, 9.17) is 8.85 Å². The molecule has 0 bridgehead atoms. The van der Waals surface area contributed by atoms with Crippen molar-refractivity contribution in [3.8, 4) is 0 Å². The van der Waals surface area contributed by atoms with Gasteiger partial charge in [0.15, 0.2) is 8.32 Å². The first-order chi connectivity index (χ1) is 10.5. The summed E-state index contributed by atoms with van der Waals surface area (Å²) in [5, 5.41) is 0.413. The summed E-state index contributed by atoms with van der Waals surface area (Å²) < 4.78 is 13.2.